The lowest BCUT2D eigenvalue weighted by Gasteiger charge is -2.14. The van der Waals surface area contributed by atoms with Crippen molar-refractivity contribution in [2.75, 3.05) is 24.6 Å². The average molecular weight is 239 g/mol. The van der Waals surface area contributed by atoms with Gasteiger partial charge in [-0.05, 0) is 24.4 Å². The van der Waals surface area contributed by atoms with Gasteiger partial charge < -0.3 is 9.64 Å². The molecule has 1 aromatic rings. The van der Waals surface area contributed by atoms with E-state index in [1.165, 1.54) is 0 Å². The lowest BCUT2D eigenvalue weighted by Crippen LogP contribution is -2.21. The Morgan fingerprint density at radius 1 is 1.31 bits per heavy atom. The largest absolute Gasteiger partial charge is 0.450 e. The first kappa shape index (κ1) is 11.0. The zero-order valence-electron chi connectivity index (χ0n) is 8.69. The van der Waals surface area contributed by atoms with Crippen LogP contribution in [-0.4, -0.2) is 34.6 Å². The summed E-state index contributed by atoms with van der Waals surface area (Å²) in [7, 11) is 0. The molecule has 2 heterocycles. The molecule has 1 aliphatic rings. The quantitative estimate of drug-likeness (QED) is 0.739. The number of anilines is 1. The molecule has 0 atom stereocenters. The summed E-state index contributed by atoms with van der Waals surface area (Å²) < 4.78 is 5.13. The van der Waals surface area contributed by atoms with Crippen LogP contribution in [0, 0.1) is 12.3 Å². The van der Waals surface area contributed by atoms with Crippen LogP contribution in [0.15, 0.2) is 0 Å². The van der Waals surface area contributed by atoms with Gasteiger partial charge in [0.2, 0.25) is 11.2 Å². The van der Waals surface area contributed by atoms with E-state index in [1.54, 1.807) is 0 Å². The number of aromatic nitrogens is 3. The van der Waals surface area contributed by atoms with E-state index in [9.17, 15) is 0 Å². The number of nitrogens with zero attached hydrogens (tertiary/aromatic N) is 4. The topological polar surface area (TPSA) is 51.1 Å². The highest BCUT2D eigenvalue weighted by molar-refractivity contribution is 6.28. The van der Waals surface area contributed by atoms with Gasteiger partial charge in [0.05, 0.1) is 0 Å². The molecule has 0 aromatic carbocycles. The van der Waals surface area contributed by atoms with Gasteiger partial charge in [-0.15, -0.1) is 6.42 Å². The minimum atomic E-state index is 0.125. The molecule has 0 amide bonds. The zero-order chi connectivity index (χ0) is 11.4. The monoisotopic (exact) mass is 238 g/mol. The average Bonchev–Trinajstić information content (AvgIpc) is 2.79. The fourth-order valence-corrected chi connectivity index (χ4v) is 1.70. The Bertz CT molecular complexity index is 412. The van der Waals surface area contributed by atoms with Gasteiger partial charge in [-0.3, -0.25) is 0 Å². The van der Waals surface area contributed by atoms with Crippen molar-refractivity contribution >= 4 is 17.5 Å². The predicted molar refractivity (Wildman–Crippen MR) is 60.6 cm³/mol. The SMILES string of the molecule is C#CCOc1nc(Cl)nc(N2CCCC2)n1. The van der Waals surface area contributed by atoms with Gasteiger partial charge in [0.15, 0.2) is 6.61 Å². The van der Waals surface area contributed by atoms with Crippen molar-refractivity contribution in [3.63, 3.8) is 0 Å². The van der Waals surface area contributed by atoms with Gasteiger partial charge in [0.25, 0.3) is 0 Å². The highest BCUT2D eigenvalue weighted by atomic mass is 35.5. The number of halogens is 1. The number of ether oxygens (including phenoxy) is 1. The first-order valence-corrected chi connectivity index (χ1v) is 5.40. The second-order valence-electron chi connectivity index (χ2n) is 3.37. The summed E-state index contributed by atoms with van der Waals surface area (Å²) >= 11 is 5.79. The molecule has 0 saturated carbocycles. The molecular formula is C10H11ClN4O. The molecule has 1 aliphatic heterocycles. The van der Waals surface area contributed by atoms with Crippen molar-refractivity contribution in [3.8, 4) is 18.4 Å². The normalized spacial score (nSPS) is 14.9. The summed E-state index contributed by atoms with van der Waals surface area (Å²) in [6.07, 6.45) is 7.37. The van der Waals surface area contributed by atoms with Gasteiger partial charge in [0.1, 0.15) is 0 Å². The van der Waals surface area contributed by atoms with E-state index in [4.69, 9.17) is 22.8 Å². The van der Waals surface area contributed by atoms with Crippen LogP contribution in [0.25, 0.3) is 0 Å². The summed E-state index contributed by atoms with van der Waals surface area (Å²) in [4.78, 5) is 14.1. The summed E-state index contributed by atoms with van der Waals surface area (Å²) in [5, 5.41) is 0.129. The fraction of sp³-hybridized carbons (Fsp3) is 0.500. The first-order valence-electron chi connectivity index (χ1n) is 5.02. The van der Waals surface area contributed by atoms with Crippen molar-refractivity contribution in [3.05, 3.63) is 5.28 Å². The number of hydrogen-bond donors (Lipinski definition) is 0. The Morgan fingerprint density at radius 2 is 2.06 bits per heavy atom. The van der Waals surface area contributed by atoms with Crippen LogP contribution < -0.4 is 9.64 Å². The van der Waals surface area contributed by atoms with Crippen molar-refractivity contribution in [2.24, 2.45) is 0 Å². The molecule has 5 nitrogen and oxygen atoms in total. The summed E-state index contributed by atoms with van der Waals surface area (Å²) in [5.74, 6) is 2.91. The minimum absolute atomic E-state index is 0.125. The maximum absolute atomic E-state index is 5.79. The highest BCUT2D eigenvalue weighted by Crippen LogP contribution is 2.19. The summed E-state index contributed by atoms with van der Waals surface area (Å²) in [5.41, 5.74) is 0. The smallest absolute Gasteiger partial charge is 0.323 e. The Labute approximate surface area is 98.8 Å². The standard InChI is InChI=1S/C10H11ClN4O/c1-2-7-16-10-13-8(11)12-9(14-10)15-5-3-4-6-15/h1H,3-7H2. The van der Waals surface area contributed by atoms with E-state index in [0.29, 0.717) is 5.95 Å². The van der Waals surface area contributed by atoms with Crippen LogP contribution >= 0.6 is 11.6 Å². The molecule has 0 unspecified atom stereocenters. The van der Waals surface area contributed by atoms with E-state index < -0.39 is 0 Å². The molecule has 1 aromatic heterocycles. The Morgan fingerprint density at radius 3 is 2.75 bits per heavy atom. The van der Waals surface area contributed by atoms with Crippen LogP contribution in [0.1, 0.15) is 12.8 Å². The molecule has 84 valence electrons. The van der Waals surface area contributed by atoms with Gasteiger partial charge in [-0.25, -0.2) is 0 Å². The molecule has 0 N–H and O–H groups in total. The number of rotatable bonds is 3. The first-order chi connectivity index (χ1) is 7.79. The molecule has 1 fully saturated rings. The molecule has 6 heteroatoms. The lowest BCUT2D eigenvalue weighted by atomic mass is 10.4. The van der Waals surface area contributed by atoms with Gasteiger partial charge in [-0.1, -0.05) is 5.92 Å². The van der Waals surface area contributed by atoms with E-state index in [-0.39, 0.29) is 17.9 Å². The van der Waals surface area contributed by atoms with Crippen LogP contribution in [-0.2, 0) is 0 Å². The third-order valence-corrected chi connectivity index (χ3v) is 2.42. The third kappa shape index (κ3) is 2.52. The van der Waals surface area contributed by atoms with Crippen LogP contribution in [0.2, 0.25) is 5.28 Å². The van der Waals surface area contributed by atoms with Crippen molar-refractivity contribution in [1.29, 1.82) is 0 Å². The Hall–Kier alpha value is -1.54. The maximum Gasteiger partial charge on any atom is 0.323 e. The molecule has 2 rings (SSSR count). The predicted octanol–water partition coefficient (Wildman–Crippen LogP) is 1.14. The van der Waals surface area contributed by atoms with E-state index in [0.717, 1.165) is 25.9 Å². The third-order valence-electron chi connectivity index (χ3n) is 2.25. The van der Waals surface area contributed by atoms with E-state index in [2.05, 4.69) is 25.8 Å². The highest BCUT2D eigenvalue weighted by Gasteiger charge is 2.17. The van der Waals surface area contributed by atoms with Gasteiger partial charge in [-0.2, -0.15) is 15.0 Å². The van der Waals surface area contributed by atoms with E-state index >= 15 is 0 Å². The second-order valence-corrected chi connectivity index (χ2v) is 3.71. The lowest BCUT2D eigenvalue weighted by molar-refractivity contribution is 0.338. The minimum Gasteiger partial charge on any atom is -0.450 e. The van der Waals surface area contributed by atoms with Crippen molar-refractivity contribution < 1.29 is 4.74 Å². The van der Waals surface area contributed by atoms with Crippen LogP contribution in [0.3, 0.4) is 0 Å². The number of terminal acetylenes is 1. The van der Waals surface area contributed by atoms with Crippen molar-refractivity contribution in [2.45, 2.75) is 12.8 Å². The van der Waals surface area contributed by atoms with E-state index in [1.807, 2.05) is 0 Å². The zero-order valence-corrected chi connectivity index (χ0v) is 9.44. The summed E-state index contributed by atoms with van der Waals surface area (Å²) in [6, 6.07) is 0.180. The molecular weight excluding hydrogens is 228 g/mol. The molecule has 16 heavy (non-hydrogen) atoms. The Kier molecular flexibility index (Phi) is 3.42. The molecule has 1 saturated heterocycles. The summed E-state index contributed by atoms with van der Waals surface area (Å²) in [6.45, 7) is 2.00. The Balaban J connectivity index is 2.18. The van der Waals surface area contributed by atoms with Gasteiger partial charge >= 0.3 is 6.01 Å². The fourth-order valence-electron chi connectivity index (χ4n) is 1.55. The maximum atomic E-state index is 5.79. The molecule has 0 bridgehead atoms. The second kappa shape index (κ2) is 4.99. The van der Waals surface area contributed by atoms with Crippen LogP contribution in [0.4, 0.5) is 5.95 Å². The molecule has 0 spiro atoms. The van der Waals surface area contributed by atoms with Crippen molar-refractivity contribution in [1.82, 2.24) is 15.0 Å². The molecule has 0 radical (unpaired) electrons. The van der Waals surface area contributed by atoms with Crippen LogP contribution in [0.5, 0.6) is 6.01 Å². The molecule has 0 aliphatic carbocycles. The number of hydrogen-bond acceptors (Lipinski definition) is 5. The van der Waals surface area contributed by atoms with Gasteiger partial charge in [0, 0.05) is 13.1 Å².